The van der Waals surface area contributed by atoms with Crippen LogP contribution in [0.25, 0.3) is 44.2 Å². The molecule has 3 atom stereocenters. The average Bonchev–Trinajstić information content (AvgIpc) is 3.61. The molecule has 0 radical (unpaired) electrons. The standard InChI is InChI=1S/C37H23ClO/c38-23-10-7-9-22(21-23)24-14-8-15-27-25-11-1-4-16-30(25)37(35(24)27)31-17-5-2-13-29(31)34-32(37)20-19-28-26-12-3-6-18-33(26)39-36(28)34/h1-21,25,30H. The molecule has 0 saturated heterocycles. The molecule has 6 aromatic rings. The van der Waals surface area contributed by atoms with E-state index in [9.17, 15) is 0 Å². The largest absolute Gasteiger partial charge is 0.455 e. The Hall–Kier alpha value is -4.33. The lowest BCUT2D eigenvalue weighted by atomic mass is 9.64. The van der Waals surface area contributed by atoms with Gasteiger partial charge in [0, 0.05) is 33.2 Å². The summed E-state index contributed by atoms with van der Waals surface area (Å²) in [5.74, 6) is 0.538. The minimum atomic E-state index is -0.348. The number of rotatable bonds is 1. The summed E-state index contributed by atoms with van der Waals surface area (Å²) in [7, 11) is 0. The Morgan fingerprint density at radius 1 is 0.667 bits per heavy atom. The molecule has 1 aromatic heterocycles. The lowest BCUT2D eigenvalue weighted by molar-refractivity contribution is 0.466. The normalized spacial score (nSPS) is 21.9. The highest BCUT2D eigenvalue weighted by Crippen LogP contribution is 2.67. The van der Waals surface area contributed by atoms with E-state index in [1.54, 1.807) is 0 Å². The number of fused-ring (bicyclic) bond motifs is 14. The van der Waals surface area contributed by atoms with Gasteiger partial charge in [-0.25, -0.2) is 0 Å². The molecule has 184 valence electrons. The van der Waals surface area contributed by atoms with Crippen LogP contribution in [0, 0.1) is 5.92 Å². The van der Waals surface area contributed by atoms with Crippen LogP contribution in [0.15, 0.2) is 132 Å². The molecular formula is C37H23ClO. The monoisotopic (exact) mass is 518 g/mol. The van der Waals surface area contributed by atoms with Crippen molar-refractivity contribution >= 4 is 33.5 Å². The van der Waals surface area contributed by atoms with Gasteiger partial charge in [0.15, 0.2) is 0 Å². The van der Waals surface area contributed by atoms with Gasteiger partial charge in [0.2, 0.25) is 0 Å². The first kappa shape index (κ1) is 21.6. The van der Waals surface area contributed by atoms with Gasteiger partial charge < -0.3 is 4.42 Å². The van der Waals surface area contributed by atoms with Crippen LogP contribution in [0.5, 0.6) is 0 Å². The molecule has 0 bridgehead atoms. The Kier molecular flexibility index (Phi) is 4.22. The van der Waals surface area contributed by atoms with Gasteiger partial charge in [-0.05, 0) is 57.1 Å². The summed E-state index contributed by atoms with van der Waals surface area (Å²) in [4.78, 5) is 0. The van der Waals surface area contributed by atoms with Crippen molar-refractivity contribution in [1.29, 1.82) is 0 Å². The molecular weight excluding hydrogens is 496 g/mol. The van der Waals surface area contributed by atoms with Gasteiger partial charge in [-0.3, -0.25) is 0 Å². The molecule has 0 fully saturated rings. The van der Waals surface area contributed by atoms with E-state index in [0.717, 1.165) is 21.8 Å². The molecule has 0 N–H and O–H groups in total. The van der Waals surface area contributed by atoms with Crippen LogP contribution in [0.1, 0.15) is 28.2 Å². The number of benzene rings is 5. The van der Waals surface area contributed by atoms with Crippen molar-refractivity contribution < 1.29 is 4.42 Å². The van der Waals surface area contributed by atoms with Crippen LogP contribution in [0.2, 0.25) is 5.02 Å². The SMILES string of the molecule is Clc1cccc(-c2cccc3c2C2(c4ccccc4-c4c2ccc2c4oc4ccccc42)C2C=CC=CC32)c1. The summed E-state index contributed by atoms with van der Waals surface area (Å²) in [6.07, 6.45) is 9.26. The Morgan fingerprint density at radius 3 is 2.44 bits per heavy atom. The highest BCUT2D eigenvalue weighted by atomic mass is 35.5. The molecule has 0 amide bonds. The molecule has 5 aromatic carbocycles. The molecule has 1 heterocycles. The first-order valence-corrected chi connectivity index (χ1v) is 13.9. The van der Waals surface area contributed by atoms with Crippen molar-refractivity contribution in [3.8, 4) is 22.3 Å². The van der Waals surface area contributed by atoms with Gasteiger partial charge in [-0.15, -0.1) is 0 Å². The lowest BCUT2D eigenvalue weighted by Crippen LogP contribution is -2.33. The second-order valence-electron chi connectivity index (χ2n) is 10.9. The summed E-state index contributed by atoms with van der Waals surface area (Å²) < 4.78 is 6.66. The number of furan rings is 1. The topological polar surface area (TPSA) is 13.1 Å². The highest BCUT2D eigenvalue weighted by molar-refractivity contribution is 6.30. The zero-order chi connectivity index (χ0) is 25.7. The van der Waals surface area contributed by atoms with Crippen LogP contribution in [-0.4, -0.2) is 0 Å². The Morgan fingerprint density at radius 2 is 1.49 bits per heavy atom. The van der Waals surface area contributed by atoms with Crippen molar-refractivity contribution in [2.45, 2.75) is 11.3 Å². The molecule has 9 rings (SSSR count). The number of hydrogen-bond acceptors (Lipinski definition) is 1. The summed E-state index contributed by atoms with van der Waals surface area (Å²) in [6.45, 7) is 0. The maximum absolute atomic E-state index is 6.66. The van der Waals surface area contributed by atoms with E-state index in [-0.39, 0.29) is 17.3 Å². The van der Waals surface area contributed by atoms with Gasteiger partial charge >= 0.3 is 0 Å². The zero-order valence-corrected chi connectivity index (χ0v) is 21.8. The minimum Gasteiger partial charge on any atom is -0.455 e. The van der Waals surface area contributed by atoms with Crippen molar-refractivity contribution in [2.75, 3.05) is 0 Å². The van der Waals surface area contributed by atoms with Crippen LogP contribution >= 0.6 is 11.6 Å². The Balaban J connectivity index is 1.47. The number of para-hydroxylation sites is 1. The maximum Gasteiger partial charge on any atom is 0.143 e. The van der Waals surface area contributed by atoms with Crippen LogP contribution in [0.3, 0.4) is 0 Å². The molecule has 3 aliphatic carbocycles. The number of allylic oxidation sites excluding steroid dienone is 4. The molecule has 39 heavy (non-hydrogen) atoms. The van der Waals surface area contributed by atoms with Crippen LogP contribution in [-0.2, 0) is 5.41 Å². The second-order valence-corrected chi connectivity index (χ2v) is 11.4. The third-order valence-electron chi connectivity index (χ3n) is 9.21. The fourth-order valence-corrected chi connectivity index (χ4v) is 8.06. The van der Waals surface area contributed by atoms with Gasteiger partial charge in [0.1, 0.15) is 11.2 Å². The fraction of sp³-hybridized carbons (Fsp3) is 0.0811. The van der Waals surface area contributed by atoms with Crippen molar-refractivity contribution in [3.05, 3.63) is 155 Å². The number of hydrogen-bond donors (Lipinski definition) is 0. The summed E-state index contributed by atoms with van der Waals surface area (Å²) >= 11 is 6.55. The molecule has 2 heteroatoms. The van der Waals surface area contributed by atoms with Crippen LogP contribution < -0.4 is 0 Å². The molecule has 1 nitrogen and oxygen atoms in total. The zero-order valence-electron chi connectivity index (χ0n) is 21.1. The van der Waals surface area contributed by atoms with E-state index >= 15 is 0 Å². The second kappa shape index (κ2) is 7.62. The molecule has 0 aliphatic heterocycles. The quantitative estimate of drug-likeness (QED) is 0.211. The van der Waals surface area contributed by atoms with Crippen molar-refractivity contribution in [1.82, 2.24) is 0 Å². The first-order valence-electron chi connectivity index (χ1n) is 13.6. The summed E-state index contributed by atoms with van der Waals surface area (Å²) in [5.41, 5.74) is 11.9. The smallest absolute Gasteiger partial charge is 0.143 e. The Bertz CT molecular complexity index is 2060. The van der Waals surface area contributed by atoms with Gasteiger partial charge in [-0.2, -0.15) is 0 Å². The van der Waals surface area contributed by atoms with E-state index in [1.165, 1.54) is 49.7 Å². The fourth-order valence-electron chi connectivity index (χ4n) is 7.87. The molecule has 3 unspecified atom stereocenters. The average molecular weight is 519 g/mol. The third-order valence-corrected chi connectivity index (χ3v) is 9.45. The Labute approximate surface area is 231 Å². The van der Waals surface area contributed by atoms with Crippen LogP contribution in [0.4, 0.5) is 0 Å². The minimum absolute atomic E-state index is 0.252. The summed E-state index contributed by atoms with van der Waals surface area (Å²) in [5, 5.41) is 3.09. The van der Waals surface area contributed by atoms with Gasteiger partial charge in [-0.1, -0.05) is 121 Å². The predicted molar refractivity (Wildman–Crippen MR) is 160 cm³/mol. The predicted octanol–water partition coefficient (Wildman–Crippen LogP) is 10.1. The van der Waals surface area contributed by atoms with E-state index in [1.807, 2.05) is 6.07 Å². The first-order chi connectivity index (χ1) is 19.3. The van der Waals surface area contributed by atoms with Crippen molar-refractivity contribution in [2.24, 2.45) is 5.92 Å². The highest BCUT2D eigenvalue weighted by Gasteiger charge is 2.58. The molecule has 1 spiro atoms. The van der Waals surface area contributed by atoms with Gasteiger partial charge in [0.25, 0.3) is 0 Å². The van der Waals surface area contributed by atoms with E-state index in [2.05, 4.69) is 121 Å². The maximum atomic E-state index is 6.66. The van der Waals surface area contributed by atoms with Gasteiger partial charge in [0.05, 0.1) is 5.41 Å². The molecule has 3 aliphatic rings. The van der Waals surface area contributed by atoms with E-state index in [4.69, 9.17) is 16.0 Å². The third kappa shape index (κ3) is 2.61. The van der Waals surface area contributed by atoms with E-state index in [0.29, 0.717) is 0 Å². The summed E-state index contributed by atoms with van der Waals surface area (Å²) in [6, 6.07) is 37.1. The lowest BCUT2D eigenvalue weighted by Gasteiger charge is -2.37. The number of halogens is 1. The molecule has 0 saturated carbocycles. The van der Waals surface area contributed by atoms with E-state index < -0.39 is 0 Å². The van der Waals surface area contributed by atoms with Crippen molar-refractivity contribution in [3.63, 3.8) is 0 Å².